The zero-order valence-corrected chi connectivity index (χ0v) is 14.4. The van der Waals surface area contributed by atoms with Crippen molar-refractivity contribution in [1.29, 1.82) is 0 Å². The van der Waals surface area contributed by atoms with Gasteiger partial charge in [-0.3, -0.25) is 0 Å². The molecule has 0 aliphatic carbocycles. The van der Waals surface area contributed by atoms with E-state index in [1.54, 1.807) is 12.7 Å². The third kappa shape index (κ3) is 5.10. The van der Waals surface area contributed by atoms with E-state index < -0.39 is 0 Å². The van der Waals surface area contributed by atoms with Crippen molar-refractivity contribution in [3.8, 4) is 11.5 Å². The highest BCUT2D eigenvalue weighted by Gasteiger charge is 2.12. The molecule has 0 saturated heterocycles. The van der Waals surface area contributed by atoms with E-state index in [9.17, 15) is 0 Å². The van der Waals surface area contributed by atoms with Crippen LogP contribution in [0.3, 0.4) is 0 Å². The first-order valence-corrected chi connectivity index (χ1v) is 8.58. The fourth-order valence-corrected chi connectivity index (χ4v) is 2.52. The minimum absolute atomic E-state index is 0.293. The summed E-state index contributed by atoms with van der Waals surface area (Å²) in [5.74, 6) is 2.41. The number of aromatic nitrogens is 3. The molecule has 2 aromatic rings. The highest BCUT2D eigenvalue weighted by atomic mass is 16.7. The lowest BCUT2D eigenvalue weighted by Crippen LogP contribution is -2.37. The van der Waals surface area contributed by atoms with Gasteiger partial charge in [-0.15, -0.1) is 10.2 Å². The van der Waals surface area contributed by atoms with Crippen molar-refractivity contribution in [3.63, 3.8) is 0 Å². The lowest BCUT2D eigenvalue weighted by molar-refractivity contribution is 0.174. The molecule has 0 unspecified atom stereocenters. The summed E-state index contributed by atoms with van der Waals surface area (Å²) in [6.07, 6.45) is 5.59. The smallest absolute Gasteiger partial charge is 0.231 e. The van der Waals surface area contributed by atoms with Gasteiger partial charge in [-0.25, -0.2) is 4.99 Å². The van der Waals surface area contributed by atoms with Crippen LogP contribution in [0.4, 0.5) is 0 Å². The van der Waals surface area contributed by atoms with Crippen LogP contribution in [0.1, 0.15) is 25.3 Å². The molecule has 1 aliphatic rings. The molecule has 8 heteroatoms. The molecule has 1 aliphatic heterocycles. The molecular formula is C17H24N6O2. The van der Waals surface area contributed by atoms with E-state index in [1.807, 2.05) is 22.8 Å². The Bertz CT molecular complexity index is 686. The third-order valence-corrected chi connectivity index (χ3v) is 3.80. The van der Waals surface area contributed by atoms with Crippen molar-refractivity contribution in [2.24, 2.45) is 4.99 Å². The van der Waals surface area contributed by atoms with Gasteiger partial charge < -0.3 is 24.7 Å². The van der Waals surface area contributed by atoms with Crippen molar-refractivity contribution >= 4 is 5.96 Å². The average molecular weight is 344 g/mol. The largest absolute Gasteiger partial charge is 0.454 e. The molecule has 0 amide bonds. The van der Waals surface area contributed by atoms with Gasteiger partial charge in [0.2, 0.25) is 6.79 Å². The number of aliphatic imine (C=N–C) groups is 1. The van der Waals surface area contributed by atoms with Gasteiger partial charge in [-0.2, -0.15) is 0 Å². The molecule has 1 aromatic heterocycles. The molecule has 1 aromatic carbocycles. The van der Waals surface area contributed by atoms with Crippen molar-refractivity contribution in [2.75, 3.05) is 19.9 Å². The second kappa shape index (κ2) is 8.91. The van der Waals surface area contributed by atoms with Crippen LogP contribution < -0.4 is 20.1 Å². The number of ether oxygens (including phenoxy) is 2. The van der Waals surface area contributed by atoms with Crippen LogP contribution in [0.5, 0.6) is 11.5 Å². The molecule has 8 nitrogen and oxygen atoms in total. The van der Waals surface area contributed by atoms with E-state index in [2.05, 4.69) is 32.7 Å². The van der Waals surface area contributed by atoms with Gasteiger partial charge in [0.05, 0.1) is 6.54 Å². The normalized spacial score (nSPS) is 13.1. The van der Waals surface area contributed by atoms with Gasteiger partial charge in [0.1, 0.15) is 12.7 Å². The molecule has 134 valence electrons. The van der Waals surface area contributed by atoms with Crippen molar-refractivity contribution in [2.45, 2.75) is 32.9 Å². The standard InChI is InChI=1S/C17H24N6O2/c1-2-18-17(19-7-3-4-8-23-11-21-22-12-23)20-10-14-5-6-15-16(9-14)25-13-24-15/h5-6,9,11-12H,2-4,7-8,10,13H2,1H3,(H2,18,19,20). The summed E-state index contributed by atoms with van der Waals surface area (Å²) in [4.78, 5) is 4.63. The summed E-state index contributed by atoms with van der Waals surface area (Å²) in [7, 11) is 0. The topological polar surface area (TPSA) is 85.6 Å². The molecule has 0 spiro atoms. The first-order chi connectivity index (χ1) is 12.3. The first kappa shape index (κ1) is 17.1. The summed E-state index contributed by atoms with van der Waals surface area (Å²) in [5.41, 5.74) is 1.09. The Balaban J connectivity index is 1.44. The molecule has 3 rings (SSSR count). The van der Waals surface area contributed by atoms with E-state index in [0.717, 1.165) is 55.5 Å². The van der Waals surface area contributed by atoms with Gasteiger partial charge >= 0.3 is 0 Å². The summed E-state index contributed by atoms with van der Waals surface area (Å²) in [5, 5.41) is 14.2. The maximum Gasteiger partial charge on any atom is 0.231 e. The number of rotatable bonds is 8. The zero-order chi connectivity index (χ0) is 17.3. The van der Waals surface area contributed by atoms with E-state index in [-0.39, 0.29) is 0 Å². The molecule has 25 heavy (non-hydrogen) atoms. The van der Waals surface area contributed by atoms with Crippen molar-refractivity contribution < 1.29 is 9.47 Å². The van der Waals surface area contributed by atoms with Gasteiger partial charge in [0.25, 0.3) is 0 Å². The SMILES string of the molecule is CCNC(=NCc1ccc2c(c1)OCO2)NCCCCn1cnnc1. The van der Waals surface area contributed by atoms with Crippen LogP contribution in [-0.4, -0.2) is 40.6 Å². The maximum atomic E-state index is 5.40. The second-order valence-corrected chi connectivity index (χ2v) is 5.72. The number of fused-ring (bicyclic) bond motifs is 1. The summed E-state index contributed by atoms with van der Waals surface area (Å²) in [6.45, 7) is 5.57. The van der Waals surface area contributed by atoms with Crippen LogP contribution in [0.25, 0.3) is 0 Å². The predicted molar refractivity (Wildman–Crippen MR) is 94.6 cm³/mol. The molecular weight excluding hydrogens is 320 g/mol. The quantitative estimate of drug-likeness (QED) is 0.429. The number of nitrogens with zero attached hydrogens (tertiary/aromatic N) is 4. The Kier molecular flexibility index (Phi) is 6.08. The van der Waals surface area contributed by atoms with E-state index in [4.69, 9.17) is 9.47 Å². The van der Waals surface area contributed by atoms with Crippen molar-refractivity contribution in [3.05, 3.63) is 36.4 Å². The first-order valence-electron chi connectivity index (χ1n) is 8.58. The van der Waals surface area contributed by atoms with Gasteiger partial charge in [-0.1, -0.05) is 6.07 Å². The van der Waals surface area contributed by atoms with E-state index >= 15 is 0 Å². The lowest BCUT2D eigenvalue weighted by Gasteiger charge is -2.11. The van der Waals surface area contributed by atoms with Crippen LogP contribution in [0.15, 0.2) is 35.8 Å². The monoisotopic (exact) mass is 344 g/mol. The fraction of sp³-hybridized carbons (Fsp3) is 0.471. The summed E-state index contributed by atoms with van der Waals surface area (Å²) in [6, 6.07) is 5.92. The van der Waals surface area contributed by atoms with Gasteiger partial charge in [-0.05, 0) is 37.5 Å². The molecule has 2 N–H and O–H groups in total. The Hall–Kier alpha value is -2.77. The number of hydrogen-bond acceptors (Lipinski definition) is 5. The Labute approximate surface area is 147 Å². The highest BCUT2D eigenvalue weighted by Crippen LogP contribution is 2.32. The number of guanidine groups is 1. The molecule has 0 bridgehead atoms. The Morgan fingerprint density at radius 1 is 1.16 bits per heavy atom. The highest BCUT2D eigenvalue weighted by molar-refractivity contribution is 5.79. The summed E-state index contributed by atoms with van der Waals surface area (Å²) < 4.78 is 12.7. The summed E-state index contributed by atoms with van der Waals surface area (Å²) >= 11 is 0. The molecule has 0 saturated carbocycles. The number of aryl methyl sites for hydroxylation is 1. The average Bonchev–Trinajstić information content (AvgIpc) is 3.30. The Morgan fingerprint density at radius 2 is 2.00 bits per heavy atom. The maximum absolute atomic E-state index is 5.40. The number of benzene rings is 1. The van der Waals surface area contributed by atoms with Gasteiger partial charge in [0.15, 0.2) is 17.5 Å². The van der Waals surface area contributed by atoms with Crippen LogP contribution in [-0.2, 0) is 13.1 Å². The third-order valence-electron chi connectivity index (χ3n) is 3.80. The minimum atomic E-state index is 0.293. The fourth-order valence-electron chi connectivity index (χ4n) is 2.52. The van der Waals surface area contributed by atoms with Crippen LogP contribution in [0.2, 0.25) is 0 Å². The number of nitrogens with one attached hydrogen (secondary N) is 2. The van der Waals surface area contributed by atoms with Crippen LogP contribution >= 0.6 is 0 Å². The minimum Gasteiger partial charge on any atom is -0.454 e. The molecule has 0 fully saturated rings. The predicted octanol–water partition coefficient (Wildman–Crippen LogP) is 1.54. The Morgan fingerprint density at radius 3 is 2.84 bits per heavy atom. The second-order valence-electron chi connectivity index (χ2n) is 5.72. The van der Waals surface area contributed by atoms with E-state index in [0.29, 0.717) is 13.3 Å². The molecule has 0 atom stereocenters. The number of hydrogen-bond donors (Lipinski definition) is 2. The van der Waals surface area contributed by atoms with E-state index in [1.165, 1.54) is 0 Å². The van der Waals surface area contributed by atoms with Crippen molar-refractivity contribution in [1.82, 2.24) is 25.4 Å². The molecule has 0 radical (unpaired) electrons. The van der Waals surface area contributed by atoms with Crippen LogP contribution in [0, 0.1) is 0 Å². The van der Waals surface area contributed by atoms with Gasteiger partial charge in [0, 0.05) is 19.6 Å². The zero-order valence-electron chi connectivity index (χ0n) is 14.4. The lowest BCUT2D eigenvalue weighted by atomic mass is 10.2. The molecule has 2 heterocycles. The number of unbranched alkanes of at least 4 members (excludes halogenated alkanes) is 1.